The van der Waals surface area contributed by atoms with Crippen LogP contribution >= 0.6 is 11.8 Å². The Morgan fingerprint density at radius 2 is 1.46 bits per heavy atom. The standard InChI is InChI=1S/C15H20N6O2S/c1-24-13-11-10-16-14(20-2-6-22-7-3-20)17-12(11)18-15(19-13)21-4-8-23-9-5-21/h10H,2-9H2,1H3. The van der Waals surface area contributed by atoms with E-state index >= 15 is 0 Å². The van der Waals surface area contributed by atoms with E-state index in [-0.39, 0.29) is 0 Å². The average molecular weight is 348 g/mol. The highest BCUT2D eigenvalue weighted by atomic mass is 32.2. The quantitative estimate of drug-likeness (QED) is 0.591. The summed E-state index contributed by atoms with van der Waals surface area (Å²) in [5, 5.41) is 1.81. The molecule has 2 aromatic heterocycles. The Balaban J connectivity index is 1.73. The summed E-state index contributed by atoms with van der Waals surface area (Å²) in [5.41, 5.74) is 0.701. The molecule has 2 aliphatic heterocycles. The number of ether oxygens (including phenoxy) is 2. The van der Waals surface area contributed by atoms with Crippen LogP contribution in [0, 0.1) is 0 Å². The van der Waals surface area contributed by atoms with E-state index in [2.05, 4.69) is 14.8 Å². The minimum Gasteiger partial charge on any atom is -0.378 e. The number of anilines is 2. The van der Waals surface area contributed by atoms with E-state index in [4.69, 9.17) is 24.4 Å². The van der Waals surface area contributed by atoms with Gasteiger partial charge in [0.05, 0.1) is 31.8 Å². The summed E-state index contributed by atoms with van der Waals surface area (Å²) in [4.78, 5) is 22.9. The van der Waals surface area contributed by atoms with Crippen molar-refractivity contribution in [2.75, 3.05) is 68.7 Å². The van der Waals surface area contributed by atoms with Crippen molar-refractivity contribution in [3.63, 3.8) is 0 Å². The van der Waals surface area contributed by atoms with Crippen molar-refractivity contribution in [2.45, 2.75) is 5.03 Å². The van der Waals surface area contributed by atoms with Gasteiger partial charge in [0.25, 0.3) is 0 Å². The lowest BCUT2D eigenvalue weighted by atomic mass is 10.4. The molecule has 0 aliphatic carbocycles. The Hall–Kier alpha value is -1.71. The summed E-state index contributed by atoms with van der Waals surface area (Å²) < 4.78 is 10.8. The molecule has 0 amide bonds. The predicted molar refractivity (Wildman–Crippen MR) is 93.0 cm³/mol. The molecule has 8 nitrogen and oxygen atoms in total. The smallest absolute Gasteiger partial charge is 0.228 e. The summed E-state index contributed by atoms with van der Waals surface area (Å²) in [7, 11) is 0. The topological polar surface area (TPSA) is 76.5 Å². The Morgan fingerprint density at radius 1 is 0.875 bits per heavy atom. The first-order valence-electron chi connectivity index (χ1n) is 8.09. The second-order valence-electron chi connectivity index (χ2n) is 5.64. The SMILES string of the molecule is CSc1nc(N2CCOCC2)nc2nc(N3CCOCC3)ncc12. The van der Waals surface area contributed by atoms with Crippen LogP contribution in [0.15, 0.2) is 11.2 Å². The maximum atomic E-state index is 5.42. The third-order valence-corrected chi connectivity index (χ3v) is 4.87. The van der Waals surface area contributed by atoms with Crippen LogP contribution in [0.4, 0.5) is 11.9 Å². The number of aromatic nitrogens is 4. The number of thioether (sulfide) groups is 1. The molecule has 0 bridgehead atoms. The number of hydrogen-bond acceptors (Lipinski definition) is 9. The van der Waals surface area contributed by atoms with Crippen LogP contribution in [0.5, 0.6) is 0 Å². The highest BCUT2D eigenvalue weighted by molar-refractivity contribution is 7.98. The van der Waals surface area contributed by atoms with Crippen molar-refractivity contribution in [1.29, 1.82) is 0 Å². The zero-order valence-electron chi connectivity index (χ0n) is 13.6. The van der Waals surface area contributed by atoms with Crippen LogP contribution < -0.4 is 9.80 Å². The molecular formula is C15H20N6O2S. The molecule has 2 fully saturated rings. The minimum absolute atomic E-state index is 0.701. The molecule has 2 saturated heterocycles. The van der Waals surface area contributed by atoms with E-state index in [1.807, 2.05) is 12.5 Å². The van der Waals surface area contributed by atoms with Gasteiger partial charge in [-0.2, -0.15) is 9.97 Å². The third kappa shape index (κ3) is 3.11. The van der Waals surface area contributed by atoms with Crippen molar-refractivity contribution in [2.24, 2.45) is 0 Å². The summed E-state index contributed by atoms with van der Waals surface area (Å²) in [6.45, 7) is 6.06. The molecule has 0 unspecified atom stereocenters. The molecule has 0 spiro atoms. The van der Waals surface area contributed by atoms with E-state index in [1.165, 1.54) is 0 Å². The van der Waals surface area contributed by atoms with Crippen LogP contribution in [0.2, 0.25) is 0 Å². The first kappa shape index (κ1) is 15.8. The van der Waals surface area contributed by atoms with Gasteiger partial charge in [0.1, 0.15) is 5.03 Å². The molecule has 24 heavy (non-hydrogen) atoms. The van der Waals surface area contributed by atoms with Crippen molar-refractivity contribution in [3.8, 4) is 0 Å². The molecule has 9 heteroatoms. The van der Waals surface area contributed by atoms with Crippen molar-refractivity contribution in [3.05, 3.63) is 6.20 Å². The summed E-state index contributed by atoms with van der Waals surface area (Å²) in [6, 6.07) is 0. The van der Waals surface area contributed by atoms with Gasteiger partial charge >= 0.3 is 0 Å². The number of hydrogen-bond donors (Lipinski definition) is 0. The molecular weight excluding hydrogens is 328 g/mol. The van der Waals surface area contributed by atoms with Gasteiger partial charge in [-0.3, -0.25) is 0 Å². The van der Waals surface area contributed by atoms with E-state index in [1.54, 1.807) is 11.8 Å². The molecule has 2 aliphatic rings. The van der Waals surface area contributed by atoms with Gasteiger partial charge in [-0.25, -0.2) is 9.97 Å². The largest absolute Gasteiger partial charge is 0.378 e. The van der Waals surface area contributed by atoms with Gasteiger partial charge in [-0.05, 0) is 6.26 Å². The fourth-order valence-electron chi connectivity index (χ4n) is 2.85. The van der Waals surface area contributed by atoms with Gasteiger partial charge < -0.3 is 19.3 Å². The summed E-state index contributed by atoms with van der Waals surface area (Å²) >= 11 is 1.60. The molecule has 4 heterocycles. The Kier molecular flexibility index (Phi) is 4.63. The number of morpholine rings is 2. The van der Waals surface area contributed by atoms with E-state index < -0.39 is 0 Å². The summed E-state index contributed by atoms with van der Waals surface area (Å²) in [6.07, 6.45) is 3.85. The second kappa shape index (κ2) is 7.04. The van der Waals surface area contributed by atoms with Crippen LogP contribution in [0.1, 0.15) is 0 Å². The van der Waals surface area contributed by atoms with E-state index in [0.29, 0.717) is 38.0 Å². The summed E-state index contributed by atoms with van der Waals surface area (Å²) in [5.74, 6) is 1.44. The number of rotatable bonds is 3. The van der Waals surface area contributed by atoms with Crippen molar-refractivity contribution >= 4 is 34.7 Å². The molecule has 0 saturated carbocycles. The van der Waals surface area contributed by atoms with Gasteiger partial charge in [0.2, 0.25) is 11.9 Å². The normalized spacial score (nSPS) is 19.0. The zero-order chi connectivity index (χ0) is 16.4. The maximum Gasteiger partial charge on any atom is 0.228 e. The Labute approximate surface area is 144 Å². The number of nitrogens with zero attached hydrogens (tertiary/aromatic N) is 6. The molecule has 0 radical (unpaired) electrons. The predicted octanol–water partition coefficient (Wildman–Crippen LogP) is 0.815. The first-order chi connectivity index (χ1) is 11.8. The molecule has 4 rings (SSSR count). The highest BCUT2D eigenvalue weighted by Crippen LogP contribution is 2.26. The monoisotopic (exact) mass is 348 g/mol. The maximum absolute atomic E-state index is 5.42. The van der Waals surface area contributed by atoms with Crippen LogP contribution in [-0.4, -0.2) is 78.8 Å². The lowest BCUT2D eigenvalue weighted by Gasteiger charge is -2.28. The van der Waals surface area contributed by atoms with Gasteiger partial charge in [-0.1, -0.05) is 0 Å². The first-order valence-corrected chi connectivity index (χ1v) is 9.32. The number of fused-ring (bicyclic) bond motifs is 1. The third-order valence-electron chi connectivity index (χ3n) is 4.17. The van der Waals surface area contributed by atoms with Crippen LogP contribution in [0.3, 0.4) is 0 Å². The molecule has 2 aromatic rings. The Bertz CT molecular complexity index is 713. The van der Waals surface area contributed by atoms with Crippen molar-refractivity contribution in [1.82, 2.24) is 19.9 Å². The molecule has 0 atom stereocenters. The van der Waals surface area contributed by atoms with Gasteiger partial charge in [0, 0.05) is 32.4 Å². The lowest BCUT2D eigenvalue weighted by molar-refractivity contribution is 0.122. The van der Waals surface area contributed by atoms with Gasteiger partial charge in [0.15, 0.2) is 5.65 Å². The van der Waals surface area contributed by atoms with Crippen molar-refractivity contribution < 1.29 is 9.47 Å². The lowest BCUT2D eigenvalue weighted by Crippen LogP contribution is -2.38. The van der Waals surface area contributed by atoms with Crippen LogP contribution in [0.25, 0.3) is 11.0 Å². The Morgan fingerprint density at radius 3 is 2.08 bits per heavy atom. The molecule has 128 valence electrons. The van der Waals surface area contributed by atoms with E-state index in [9.17, 15) is 0 Å². The second-order valence-corrected chi connectivity index (χ2v) is 6.43. The molecule has 0 aromatic carbocycles. The van der Waals surface area contributed by atoms with Gasteiger partial charge in [-0.15, -0.1) is 11.8 Å². The van der Waals surface area contributed by atoms with E-state index in [0.717, 1.165) is 42.5 Å². The molecule has 0 N–H and O–H groups in total. The van der Waals surface area contributed by atoms with Crippen LogP contribution in [-0.2, 0) is 9.47 Å². The fraction of sp³-hybridized carbons (Fsp3) is 0.600. The zero-order valence-corrected chi connectivity index (χ0v) is 14.5. The average Bonchev–Trinajstić information content (AvgIpc) is 2.68. The fourth-order valence-corrected chi connectivity index (χ4v) is 3.38. The minimum atomic E-state index is 0.701. The highest BCUT2D eigenvalue weighted by Gasteiger charge is 2.19.